The number of carbonyl (C=O) groups excluding carboxylic acids is 1. The summed E-state index contributed by atoms with van der Waals surface area (Å²) in [4.78, 5) is 13.4. The van der Waals surface area contributed by atoms with Crippen molar-refractivity contribution in [2.24, 2.45) is 0 Å². The second-order valence-electron chi connectivity index (χ2n) is 5.47. The first-order chi connectivity index (χ1) is 10.3. The molecule has 122 valence electrons. The van der Waals surface area contributed by atoms with E-state index in [4.69, 9.17) is 23.2 Å². The van der Waals surface area contributed by atoms with Gasteiger partial charge in [-0.15, -0.1) is 0 Å². The maximum atomic E-state index is 12.3. The molecule has 0 radical (unpaired) electrons. The quantitative estimate of drug-likeness (QED) is 0.803. The fraction of sp³-hybridized carbons (Fsp3) is 0.500. The number of hydrogen-bond acceptors (Lipinski definition) is 4. The lowest BCUT2D eigenvalue weighted by Gasteiger charge is -2.16. The van der Waals surface area contributed by atoms with Gasteiger partial charge in [-0.1, -0.05) is 23.2 Å². The highest BCUT2D eigenvalue weighted by Gasteiger charge is 2.24. The van der Waals surface area contributed by atoms with Crippen LogP contribution in [-0.4, -0.2) is 51.2 Å². The highest BCUT2D eigenvalue weighted by atomic mass is 35.5. The van der Waals surface area contributed by atoms with Gasteiger partial charge in [0, 0.05) is 17.6 Å². The maximum Gasteiger partial charge on any atom is 0.234 e. The molecule has 1 aromatic rings. The highest BCUT2D eigenvalue weighted by Crippen LogP contribution is 2.25. The summed E-state index contributed by atoms with van der Waals surface area (Å²) in [7, 11) is -1.83. The molecule has 0 unspecified atom stereocenters. The van der Waals surface area contributed by atoms with Crippen LogP contribution in [0, 0.1) is 0 Å². The summed E-state index contributed by atoms with van der Waals surface area (Å²) in [5, 5.41) is 3.33. The average molecular weight is 365 g/mol. The fourth-order valence-corrected chi connectivity index (χ4v) is 4.08. The number of benzene rings is 1. The van der Waals surface area contributed by atoms with Gasteiger partial charge in [0.25, 0.3) is 0 Å². The zero-order valence-corrected chi connectivity index (χ0v) is 14.5. The van der Waals surface area contributed by atoms with E-state index in [1.807, 2.05) is 0 Å². The van der Waals surface area contributed by atoms with Gasteiger partial charge in [-0.25, -0.2) is 8.42 Å². The molecular weight excluding hydrogens is 347 g/mol. The molecule has 8 heteroatoms. The molecular formula is C14H18Cl2N2O3S. The molecule has 0 bridgehead atoms. The molecule has 5 nitrogen and oxygen atoms in total. The van der Waals surface area contributed by atoms with E-state index >= 15 is 0 Å². The zero-order chi connectivity index (χ0) is 16.3. The molecule has 0 spiro atoms. The predicted octanol–water partition coefficient (Wildman–Crippen LogP) is 1.98. The summed E-state index contributed by atoms with van der Waals surface area (Å²) < 4.78 is 24.6. The van der Waals surface area contributed by atoms with Gasteiger partial charge < -0.3 is 5.32 Å². The van der Waals surface area contributed by atoms with Crippen LogP contribution in [0.4, 0.5) is 0 Å². The lowest BCUT2D eigenvalue weighted by Crippen LogP contribution is -2.38. The molecule has 0 saturated heterocycles. The monoisotopic (exact) mass is 364 g/mol. The molecule has 1 amide bonds. The van der Waals surface area contributed by atoms with Crippen LogP contribution >= 0.6 is 23.2 Å². The molecule has 1 aliphatic rings. The van der Waals surface area contributed by atoms with E-state index in [1.54, 1.807) is 11.9 Å². The Morgan fingerprint density at radius 3 is 2.68 bits per heavy atom. The molecule has 1 aromatic carbocycles. The van der Waals surface area contributed by atoms with Gasteiger partial charge in [-0.3, -0.25) is 9.69 Å². The van der Waals surface area contributed by atoms with Crippen molar-refractivity contribution in [3.05, 3.63) is 28.2 Å². The lowest BCUT2D eigenvalue weighted by atomic mass is 10.4. The molecule has 2 rings (SSSR count). The molecule has 1 aliphatic carbocycles. The lowest BCUT2D eigenvalue weighted by molar-refractivity contribution is -0.122. The molecule has 0 aromatic heterocycles. The van der Waals surface area contributed by atoms with E-state index in [1.165, 1.54) is 18.2 Å². The van der Waals surface area contributed by atoms with E-state index in [9.17, 15) is 13.2 Å². The van der Waals surface area contributed by atoms with Gasteiger partial charge >= 0.3 is 0 Å². The van der Waals surface area contributed by atoms with Crippen LogP contribution < -0.4 is 5.32 Å². The molecule has 0 atom stereocenters. The number of nitrogens with one attached hydrogen (secondary N) is 1. The Labute approximate surface area is 140 Å². The van der Waals surface area contributed by atoms with Crippen molar-refractivity contribution in [2.45, 2.75) is 23.8 Å². The van der Waals surface area contributed by atoms with Crippen LogP contribution in [0.5, 0.6) is 0 Å². The van der Waals surface area contributed by atoms with E-state index in [-0.39, 0.29) is 34.7 Å². The largest absolute Gasteiger partial charge is 0.352 e. The minimum atomic E-state index is -3.54. The van der Waals surface area contributed by atoms with Gasteiger partial charge in [0.05, 0.1) is 22.2 Å². The maximum absolute atomic E-state index is 12.3. The zero-order valence-electron chi connectivity index (χ0n) is 12.2. The number of rotatable bonds is 7. The van der Waals surface area contributed by atoms with E-state index < -0.39 is 9.84 Å². The van der Waals surface area contributed by atoms with Crippen molar-refractivity contribution >= 4 is 38.9 Å². The van der Waals surface area contributed by atoms with E-state index in [0.29, 0.717) is 11.1 Å². The summed E-state index contributed by atoms with van der Waals surface area (Å²) >= 11 is 11.8. The number of sulfone groups is 1. The SMILES string of the molecule is CN(CCS(=O)(=O)c1cc(Cl)ccc1Cl)CC(=O)NC1CC1. The first-order valence-electron chi connectivity index (χ1n) is 6.93. The second-order valence-corrected chi connectivity index (χ2v) is 8.39. The average Bonchev–Trinajstić information content (AvgIpc) is 3.23. The summed E-state index contributed by atoms with van der Waals surface area (Å²) in [6.45, 7) is 0.415. The molecule has 1 fully saturated rings. The van der Waals surface area contributed by atoms with E-state index in [0.717, 1.165) is 12.8 Å². The third-order valence-electron chi connectivity index (χ3n) is 3.33. The van der Waals surface area contributed by atoms with Crippen molar-refractivity contribution in [1.29, 1.82) is 0 Å². The minimum absolute atomic E-state index is 0.0255. The number of amides is 1. The van der Waals surface area contributed by atoms with Gasteiger partial charge in [-0.2, -0.15) is 0 Å². The van der Waals surface area contributed by atoms with Crippen LogP contribution in [-0.2, 0) is 14.6 Å². The number of carbonyl (C=O) groups is 1. The molecule has 22 heavy (non-hydrogen) atoms. The second kappa shape index (κ2) is 7.17. The van der Waals surface area contributed by atoms with Gasteiger partial charge in [0.15, 0.2) is 9.84 Å². The number of hydrogen-bond donors (Lipinski definition) is 1. The fourth-order valence-electron chi connectivity index (χ4n) is 1.93. The van der Waals surface area contributed by atoms with Crippen molar-refractivity contribution < 1.29 is 13.2 Å². The number of likely N-dealkylation sites (N-methyl/N-ethyl adjacent to an activating group) is 1. The third-order valence-corrected chi connectivity index (χ3v) is 5.73. The van der Waals surface area contributed by atoms with Gasteiger partial charge in [0.2, 0.25) is 5.91 Å². The standard InChI is InChI=1S/C14H18Cl2N2O3S/c1-18(9-14(19)17-11-3-4-11)6-7-22(20,21)13-8-10(15)2-5-12(13)16/h2,5,8,11H,3-4,6-7,9H2,1H3,(H,17,19). The Kier molecular flexibility index (Phi) is 5.71. The summed E-state index contributed by atoms with van der Waals surface area (Å²) in [6, 6.07) is 4.65. The summed E-state index contributed by atoms with van der Waals surface area (Å²) in [6.07, 6.45) is 2.05. The highest BCUT2D eigenvalue weighted by molar-refractivity contribution is 7.91. The number of halogens is 2. The van der Waals surface area contributed by atoms with Crippen molar-refractivity contribution in [2.75, 3.05) is 25.9 Å². The predicted molar refractivity (Wildman–Crippen MR) is 87.2 cm³/mol. The first-order valence-corrected chi connectivity index (χ1v) is 9.34. The van der Waals surface area contributed by atoms with E-state index in [2.05, 4.69) is 5.32 Å². The summed E-state index contributed by atoms with van der Waals surface area (Å²) in [5.74, 6) is -0.205. The Morgan fingerprint density at radius 2 is 2.05 bits per heavy atom. The van der Waals surface area contributed by atoms with Crippen LogP contribution in [0.15, 0.2) is 23.1 Å². The van der Waals surface area contributed by atoms with Crippen molar-refractivity contribution in [3.8, 4) is 0 Å². The Bertz CT molecular complexity index is 660. The minimum Gasteiger partial charge on any atom is -0.352 e. The van der Waals surface area contributed by atoms with Crippen LogP contribution in [0.25, 0.3) is 0 Å². The summed E-state index contributed by atoms with van der Waals surface area (Å²) in [5.41, 5.74) is 0. The van der Waals surface area contributed by atoms with Crippen molar-refractivity contribution in [1.82, 2.24) is 10.2 Å². The Balaban J connectivity index is 1.91. The van der Waals surface area contributed by atoms with Crippen LogP contribution in [0.3, 0.4) is 0 Å². The van der Waals surface area contributed by atoms with Crippen LogP contribution in [0.1, 0.15) is 12.8 Å². The molecule has 0 aliphatic heterocycles. The van der Waals surface area contributed by atoms with Gasteiger partial charge in [0.1, 0.15) is 0 Å². The number of nitrogens with zero attached hydrogens (tertiary/aromatic N) is 1. The Morgan fingerprint density at radius 1 is 1.36 bits per heavy atom. The molecule has 1 saturated carbocycles. The van der Waals surface area contributed by atoms with Gasteiger partial charge in [-0.05, 0) is 38.1 Å². The topological polar surface area (TPSA) is 66.5 Å². The third kappa shape index (κ3) is 5.12. The molecule has 0 heterocycles. The normalized spacial score (nSPS) is 15.1. The van der Waals surface area contributed by atoms with Crippen molar-refractivity contribution in [3.63, 3.8) is 0 Å². The Hall–Kier alpha value is -0.820. The van der Waals surface area contributed by atoms with Crippen LogP contribution in [0.2, 0.25) is 10.0 Å². The molecule has 1 N–H and O–H groups in total. The first kappa shape index (κ1) is 17.5. The smallest absolute Gasteiger partial charge is 0.234 e.